The number of rotatable bonds is 3. The van der Waals surface area contributed by atoms with Crippen LogP contribution in [0.15, 0.2) is 27.4 Å². The van der Waals surface area contributed by atoms with Crippen molar-refractivity contribution < 1.29 is 4.39 Å². The highest BCUT2D eigenvalue weighted by Gasteiger charge is 2.11. The maximum absolute atomic E-state index is 13.2. The number of thiophene rings is 1. The molecule has 0 atom stereocenters. The molecule has 1 aromatic heterocycles. The molecule has 0 bridgehead atoms. The van der Waals surface area contributed by atoms with Gasteiger partial charge in [0.15, 0.2) is 0 Å². The zero-order chi connectivity index (χ0) is 13.3. The highest BCUT2D eigenvalue weighted by Crippen LogP contribution is 2.30. The molecule has 0 fully saturated rings. The van der Waals surface area contributed by atoms with E-state index in [1.807, 2.05) is 18.0 Å². The van der Waals surface area contributed by atoms with Crippen molar-refractivity contribution in [1.29, 1.82) is 0 Å². The molecule has 0 radical (unpaired) electrons. The van der Waals surface area contributed by atoms with Gasteiger partial charge in [0.1, 0.15) is 5.82 Å². The summed E-state index contributed by atoms with van der Waals surface area (Å²) in [6, 6.07) is 4.84. The van der Waals surface area contributed by atoms with Crippen molar-refractivity contribution in [3.05, 3.63) is 43.8 Å². The van der Waals surface area contributed by atoms with E-state index < -0.39 is 5.82 Å². The van der Waals surface area contributed by atoms with Crippen LogP contribution in [0.4, 0.5) is 15.8 Å². The minimum absolute atomic E-state index is 0.0811. The molecule has 0 spiro atoms. The fourth-order valence-electron chi connectivity index (χ4n) is 1.67. The van der Waals surface area contributed by atoms with E-state index in [1.54, 1.807) is 17.4 Å². The summed E-state index contributed by atoms with van der Waals surface area (Å²) in [5.41, 5.74) is 8.07. The molecule has 2 aromatic rings. The molecule has 1 heterocycles. The third-order valence-electron chi connectivity index (χ3n) is 2.52. The summed E-state index contributed by atoms with van der Waals surface area (Å²) < 4.78 is 14.3. The molecule has 6 heteroatoms. The lowest BCUT2D eigenvalue weighted by molar-refractivity contribution is 0.628. The molecule has 2 rings (SSSR count). The van der Waals surface area contributed by atoms with Gasteiger partial charge in [0.25, 0.3) is 0 Å². The van der Waals surface area contributed by atoms with Gasteiger partial charge in [-0.2, -0.15) is 0 Å². The van der Waals surface area contributed by atoms with Crippen LogP contribution in [0, 0.1) is 5.82 Å². The van der Waals surface area contributed by atoms with Crippen molar-refractivity contribution in [2.75, 3.05) is 17.7 Å². The zero-order valence-corrected chi connectivity index (χ0v) is 12.7. The van der Waals surface area contributed by atoms with Crippen LogP contribution in [-0.2, 0) is 6.54 Å². The van der Waals surface area contributed by atoms with Crippen LogP contribution in [0.2, 0.25) is 5.02 Å². The lowest BCUT2D eigenvalue weighted by atomic mass is 10.2. The minimum Gasteiger partial charge on any atom is -0.397 e. The van der Waals surface area contributed by atoms with Crippen molar-refractivity contribution in [3.8, 4) is 0 Å². The molecule has 0 saturated heterocycles. The lowest BCUT2D eigenvalue weighted by Gasteiger charge is -2.21. The van der Waals surface area contributed by atoms with Crippen LogP contribution in [0.25, 0.3) is 0 Å². The Balaban J connectivity index is 2.23. The molecule has 96 valence electrons. The van der Waals surface area contributed by atoms with Crippen molar-refractivity contribution in [2.24, 2.45) is 0 Å². The maximum Gasteiger partial charge on any atom is 0.143 e. The van der Waals surface area contributed by atoms with Crippen LogP contribution in [0.3, 0.4) is 0 Å². The number of nitrogen functional groups attached to an aromatic ring is 1. The summed E-state index contributed by atoms with van der Waals surface area (Å²) in [6.45, 7) is 0.689. The molecule has 0 aliphatic carbocycles. The average molecular weight is 350 g/mol. The van der Waals surface area contributed by atoms with Crippen LogP contribution in [-0.4, -0.2) is 7.05 Å². The molecule has 0 unspecified atom stereocenters. The van der Waals surface area contributed by atoms with Crippen molar-refractivity contribution in [1.82, 2.24) is 0 Å². The number of nitrogens with zero attached hydrogens (tertiary/aromatic N) is 1. The van der Waals surface area contributed by atoms with Gasteiger partial charge in [-0.05, 0) is 39.0 Å². The monoisotopic (exact) mass is 348 g/mol. The lowest BCUT2D eigenvalue weighted by Crippen LogP contribution is -2.17. The average Bonchev–Trinajstić information content (AvgIpc) is 2.69. The van der Waals surface area contributed by atoms with E-state index in [-0.39, 0.29) is 5.02 Å². The predicted molar refractivity (Wildman–Crippen MR) is 79.9 cm³/mol. The van der Waals surface area contributed by atoms with Gasteiger partial charge in [0.2, 0.25) is 0 Å². The summed E-state index contributed by atoms with van der Waals surface area (Å²) >= 11 is 10.8. The molecule has 18 heavy (non-hydrogen) atoms. The molecule has 2 nitrogen and oxygen atoms in total. The number of benzene rings is 1. The normalized spacial score (nSPS) is 10.7. The van der Waals surface area contributed by atoms with Crippen molar-refractivity contribution in [2.45, 2.75) is 6.54 Å². The van der Waals surface area contributed by atoms with E-state index in [9.17, 15) is 4.39 Å². The highest BCUT2D eigenvalue weighted by molar-refractivity contribution is 9.11. The van der Waals surface area contributed by atoms with Gasteiger partial charge in [-0.1, -0.05) is 11.6 Å². The predicted octanol–water partition coefficient (Wildman–Crippen LogP) is 4.52. The Morgan fingerprint density at radius 3 is 2.78 bits per heavy atom. The number of anilines is 2. The maximum atomic E-state index is 13.2. The van der Waals surface area contributed by atoms with E-state index in [0.29, 0.717) is 12.2 Å². The van der Waals surface area contributed by atoms with Gasteiger partial charge in [0, 0.05) is 19.7 Å². The Hall–Kier alpha value is -0.780. The Morgan fingerprint density at radius 1 is 1.44 bits per heavy atom. The Morgan fingerprint density at radius 2 is 2.17 bits per heavy atom. The fourth-order valence-corrected chi connectivity index (χ4v) is 3.03. The Bertz CT molecular complexity index is 573. The summed E-state index contributed by atoms with van der Waals surface area (Å²) in [6.07, 6.45) is 0. The largest absolute Gasteiger partial charge is 0.397 e. The van der Waals surface area contributed by atoms with E-state index in [2.05, 4.69) is 21.3 Å². The van der Waals surface area contributed by atoms with Crippen molar-refractivity contribution in [3.63, 3.8) is 0 Å². The molecule has 0 aliphatic rings. The Kier molecular flexibility index (Phi) is 4.14. The van der Waals surface area contributed by atoms with Gasteiger partial charge in [-0.25, -0.2) is 4.39 Å². The standard InChI is InChI=1S/C12H11BrClFN2S/c1-17(5-7-2-12(13)18-6-7)11-3-8(14)9(15)4-10(11)16/h2-4,6H,5,16H2,1H3. The van der Waals surface area contributed by atoms with Crippen LogP contribution >= 0.6 is 38.9 Å². The topological polar surface area (TPSA) is 29.3 Å². The fraction of sp³-hybridized carbons (Fsp3) is 0.167. The zero-order valence-electron chi connectivity index (χ0n) is 9.58. The quantitative estimate of drug-likeness (QED) is 0.825. The number of hydrogen-bond acceptors (Lipinski definition) is 3. The van der Waals surface area contributed by atoms with Crippen LogP contribution < -0.4 is 10.6 Å². The Labute approximate surface area is 122 Å². The second-order valence-corrected chi connectivity index (χ2v) is 6.64. The summed E-state index contributed by atoms with van der Waals surface area (Å²) in [5.74, 6) is -0.496. The molecule has 2 N–H and O–H groups in total. The summed E-state index contributed by atoms with van der Waals surface area (Å²) in [4.78, 5) is 1.94. The van der Waals surface area contributed by atoms with Crippen LogP contribution in [0.1, 0.15) is 5.56 Å². The van der Waals surface area contributed by atoms with Gasteiger partial charge < -0.3 is 10.6 Å². The first-order valence-electron chi connectivity index (χ1n) is 5.16. The van der Waals surface area contributed by atoms with E-state index in [4.69, 9.17) is 17.3 Å². The molecule has 0 saturated carbocycles. The van der Waals surface area contributed by atoms with E-state index in [0.717, 1.165) is 15.0 Å². The smallest absolute Gasteiger partial charge is 0.143 e. The van der Waals surface area contributed by atoms with Crippen LogP contribution in [0.5, 0.6) is 0 Å². The highest BCUT2D eigenvalue weighted by atomic mass is 79.9. The number of nitrogens with two attached hydrogens (primary N) is 1. The SMILES string of the molecule is CN(Cc1csc(Br)c1)c1cc(Cl)c(F)cc1N. The van der Waals surface area contributed by atoms with E-state index >= 15 is 0 Å². The second-order valence-electron chi connectivity index (χ2n) is 3.94. The second kappa shape index (κ2) is 5.47. The summed E-state index contributed by atoms with van der Waals surface area (Å²) in [7, 11) is 1.89. The molecular formula is C12H11BrClFN2S. The molecule has 0 amide bonds. The molecule has 0 aliphatic heterocycles. The third-order valence-corrected chi connectivity index (χ3v) is 4.37. The van der Waals surface area contributed by atoms with Crippen molar-refractivity contribution >= 4 is 50.2 Å². The van der Waals surface area contributed by atoms with Gasteiger partial charge in [-0.3, -0.25) is 0 Å². The number of hydrogen-bond donors (Lipinski definition) is 1. The molecular weight excluding hydrogens is 339 g/mol. The third kappa shape index (κ3) is 2.96. The first-order chi connectivity index (χ1) is 8.47. The van der Waals surface area contributed by atoms with Gasteiger partial charge in [-0.15, -0.1) is 11.3 Å². The van der Waals surface area contributed by atoms with Gasteiger partial charge in [0.05, 0.1) is 20.2 Å². The molecule has 1 aromatic carbocycles. The first kappa shape index (κ1) is 13.6. The minimum atomic E-state index is -0.496. The van der Waals surface area contributed by atoms with E-state index in [1.165, 1.54) is 6.07 Å². The van der Waals surface area contributed by atoms with Gasteiger partial charge >= 0.3 is 0 Å². The summed E-state index contributed by atoms with van der Waals surface area (Å²) in [5, 5.41) is 2.14. The first-order valence-corrected chi connectivity index (χ1v) is 7.21. The number of halogens is 3.